The smallest absolute Gasteiger partial charge is 0.313 e. The van der Waals surface area contributed by atoms with Crippen LogP contribution in [-0.4, -0.2) is 92.4 Å². The van der Waals surface area contributed by atoms with Gasteiger partial charge in [0.05, 0.1) is 24.0 Å². The van der Waals surface area contributed by atoms with Crippen molar-refractivity contribution in [3.8, 4) is 0 Å². The molecule has 3 amide bonds. The van der Waals surface area contributed by atoms with Gasteiger partial charge in [-0.1, -0.05) is 71.3 Å². The maximum Gasteiger partial charge on any atom is 0.313 e. The Morgan fingerprint density at radius 2 is 1.85 bits per heavy atom. The average Bonchev–Trinajstić information content (AvgIpc) is 3.63. The van der Waals surface area contributed by atoms with Gasteiger partial charge in [-0.05, 0) is 58.9 Å². The van der Waals surface area contributed by atoms with E-state index in [9.17, 15) is 24.3 Å². The monoisotopic (exact) mass is 729 g/mol. The second kappa shape index (κ2) is 16.1. The summed E-state index contributed by atoms with van der Waals surface area (Å²) in [6.07, 6.45) is 5.91. The molecule has 0 saturated carbocycles. The Bertz CT molecular complexity index is 1330. The van der Waals surface area contributed by atoms with Crippen molar-refractivity contribution in [2.45, 2.75) is 113 Å². The normalized spacial score (nSPS) is 27.2. The minimum absolute atomic E-state index is 0.101. The molecule has 1 spiro atoms. The third kappa shape index (κ3) is 7.73. The number of unbranched alkanes of at least 4 members (excludes halogenated alkanes) is 3. The molecule has 2 bridgehead atoms. The minimum atomic E-state index is -1.22. The number of hydrogen-bond acceptors (Lipinski definition) is 7. The molecule has 0 aliphatic carbocycles. The number of amides is 3. The first-order valence-electron chi connectivity index (χ1n) is 17.1. The Hall–Kier alpha value is -3.02. The van der Waals surface area contributed by atoms with Crippen LogP contribution in [0.2, 0.25) is 0 Å². The quantitative estimate of drug-likeness (QED) is 0.102. The zero-order valence-corrected chi connectivity index (χ0v) is 30.3. The summed E-state index contributed by atoms with van der Waals surface area (Å²) in [5.41, 5.74) is -1.08. The van der Waals surface area contributed by atoms with E-state index >= 15 is 0 Å². The Balaban J connectivity index is 1.69. The van der Waals surface area contributed by atoms with Crippen molar-refractivity contribution in [3.63, 3.8) is 0 Å². The van der Waals surface area contributed by atoms with Crippen LogP contribution < -0.4 is 5.32 Å². The molecular weight excluding hydrogens is 678 g/mol. The number of esters is 1. The summed E-state index contributed by atoms with van der Waals surface area (Å²) in [6.45, 7) is 15.9. The molecule has 1 aromatic carbocycles. The predicted octanol–water partition coefficient (Wildman–Crippen LogP) is 4.86. The third-order valence-electron chi connectivity index (χ3n) is 9.78. The number of likely N-dealkylation sites (tertiary alicyclic amines) is 1. The van der Waals surface area contributed by atoms with Gasteiger partial charge in [0.25, 0.3) is 0 Å². The Morgan fingerprint density at radius 1 is 1.17 bits per heavy atom. The number of nitrogens with zero attached hydrogens (tertiary/aromatic N) is 2. The Labute approximate surface area is 293 Å². The summed E-state index contributed by atoms with van der Waals surface area (Å²) < 4.78 is 13.0. The molecule has 3 aliphatic heterocycles. The lowest BCUT2D eigenvalue weighted by atomic mass is 9.70. The molecule has 0 aromatic heterocycles. The van der Waals surface area contributed by atoms with Gasteiger partial charge >= 0.3 is 5.97 Å². The van der Waals surface area contributed by atoms with Crippen LogP contribution in [0.25, 0.3) is 0 Å². The van der Waals surface area contributed by atoms with Crippen LogP contribution in [0.3, 0.4) is 0 Å². The zero-order chi connectivity index (χ0) is 35.2. The number of fused-ring (bicyclic) bond motifs is 1. The van der Waals surface area contributed by atoms with Crippen molar-refractivity contribution >= 4 is 39.6 Å². The van der Waals surface area contributed by atoms with Gasteiger partial charge in [-0.3, -0.25) is 19.2 Å². The van der Waals surface area contributed by atoms with Crippen LogP contribution in [-0.2, 0) is 28.7 Å². The number of benzene rings is 1. The molecule has 2 N–H and O–H groups in total. The van der Waals surface area contributed by atoms with Crippen LogP contribution >= 0.6 is 15.9 Å². The fraction of sp³-hybridized carbons (Fsp3) is 0.622. The minimum Gasteiger partial charge on any atom is -0.455 e. The summed E-state index contributed by atoms with van der Waals surface area (Å²) >= 11 is 3.74. The topological polar surface area (TPSA) is 125 Å². The largest absolute Gasteiger partial charge is 0.455 e. The molecule has 11 heteroatoms. The van der Waals surface area contributed by atoms with Crippen molar-refractivity contribution < 1.29 is 33.8 Å². The van der Waals surface area contributed by atoms with E-state index < -0.39 is 53.2 Å². The molecule has 8 atom stereocenters. The lowest BCUT2D eigenvalue weighted by molar-refractivity contribution is -0.162. The second-order valence-electron chi connectivity index (χ2n) is 14.2. The van der Waals surface area contributed by atoms with Crippen LogP contribution in [0.15, 0.2) is 55.6 Å². The number of rotatable bonds is 17. The Morgan fingerprint density at radius 3 is 2.48 bits per heavy atom. The molecule has 264 valence electrons. The van der Waals surface area contributed by atoms with E-state index in [1.807, 2.05) is 51.1 Å². The van der Waals surface area contributed by atoms with Crippen LogP contribution in [0, 0.1) is 11.8 Å². The molecule has 0 radical (unpaired) electrons. The molecule has 3 saturated heterocycles. The van der Waals surface area contributed by atoms with E-state index in [0.29, 0.717) is 44.3 Å². The van der Waals surface area contributed by atoms with E-state index in [0.717, 1.165) is 12.8 Å². The van der Waals surface area contributed by atoms with Crippen molar-refractivity contribution in [2.24, 2.45) is 11.8 Å². The zero-order valence-electron chi connectivity index (χ0n) is 28.7. The number of carbonyl (C=O) groups is 4. The summed E-state index contributed by atoms with van der Waals surface area (Å²) in [5.74, 6) is -3.17. The molecular formula is C37H52BrN3O7. The standard InChI is InChI=1S/C37H52BrN3O7/c1-7-9-19-27(43)39-24(3)30(25-17-13-12-14-18-25)47-35(46)28-29-33(44)40(21-15-10-11-16-22-42)32(37(29)23-26(38)31(28)48-37)34(45)41(20-8-2)36(4,5)6/h7-8,12-14,17-18,24,26,28-32,42H,1-2,9-11,15-16,19-23H2,3-6H3,(H,39,43)/t24-,26?,28+,29-,30-,31+,32+,37-/m0/s1. The maximum absolute atomic E-state index is 14.6. The third-order valence-corrected chi connectivity index (χ3v) is 10.6. The van der Waals surface area contributed by atoms with E-state index in [2.05, 4.69) is 34.4 Å². The summed E-state index contributed by atoms with van der Waals surface area (Å²) in [5, 5.41) is 12.2. The van der Waals surface area contributed by atoms with Gasteiger partial charge in [-0.2, -0.15) is 0 Å². The molecule has 48 heavy (non-hydrogen) atoms. The highest BCUT2D eigenvalue weighted by Crippen LogP contribution is 2.60. The van der Waals surface area contributed by atoms with Gasteiger partial charge in [0.2, 0.25) is 17.7 Å². The van der Waals surface area contributed by atoms with Gasteiger partial charge in [0.15, 0.2) is 0 Å². The SMILES string of the molecule is C=CCCC(=O)N[C@@H](C)[C@H](OC(=O)[C@H]1[C@@H]2O[C@@]3(CC2Br)[C@@H]1C(=O)N(CCCCCCO)[C@@H]3C(=O)N(CC=C)C(C)(C)C)c1ccccc1. The molecule has 3 aliphatic rings. The highest BCUT2D eigenvalue weighted by atomic mass is 79.9. The number of nitrogens with one attached hydrogen (secondary N) is 1. The lowest BCUT2D eigenvalue weighted by Crippen LogP contribution is -2.60. The first-order valence-corrected chi connectivity index (χ1v) is 18.0. The van der Waals surface area contributed by atoms with Gasteiger partial charge in [-0.25, -0.2) is 0 Å². The number of hydrogen-bond donors (Lipinski definition) is 2. The van der Waals surface area contributed by atoms with E-state index in [1.165, 1.54) is 0 Å². The molecule has 10 nitrogen and oxygen atoms in total. The maximum atomic E-state index is 14.6. The van der Waals surface area contributed by atoms with Gasteiger partial charge < -0.3 is 29.7 Å². The van der Waals surface area contributed by atoms with Crippen LogP contribution in [0.1, 0.15) is 84.3 Å². The average molecular weight is 731 g/mol. The van der Waals surface area contributed by atoms with Gasteiger partial charge in [0, 0.05) is 36.5 Å². The summed E-state index contributed by atoms with van der Waals surface area (Å²) in [6, 6.07) is 7.72. The number of ether oxygens (including phenoxy) is 2. The number of aliphatic hydroxyl groups is 1. The van der Waals surface area contributed by atoms with Gasteiger partial charge in [-0.15, -0.1) is 13.2 Å². The lowest BCUT2D eigenvalue weighted by Gasteiger charge is -2.42. The second-order valence-corrected chi connectivity index (χ2v) is 15.4. The number of carbonyl (C=O) groups excluding carboxylic acids is 4. The highest BCUT2D eigenvalue weighted by molar-refractivity contribution is 9.09. The molecule has 1 aromatic rings. The van der Waals surface area contributed by atoms with Crippen molar-refractivity contribution in [3.05, 3.63) is 61.2 Å². The van der Waals surface area contributed by atoms with Crippen LogP contribution in [0.5, 0.6) is 0 Å². The fourth-order valence-corrected chi connectivity index (χ4v) is 8.52. The first kappa shape index (κ1) is 37.8. The number of allylic oxidation sites excluding steroid dienone is 1. The molecule has 3 heterocycles. The van der Waals surface area contributed by atoms with Gasteiger partial charge in [0.1, 0.15) is 17.7 Å². The molecule has 3 fully saturated rings. The highest BCUT2D eigenvalue weighted by Gasteiger charge is 2.77. The summed E-state index contributed by atoms with van der Waals surface area (Å²) in [4.78, 5) is 59.2. The van der Waals surface area contributed by atoms with E-state index in [1.54, 1.807) is 28.9 Å². The fourth-order valence-electron chi connectivity index (χ4n) is 7.58. The molecule has 1 unspecified atom stereocenters. The van der Waals surface area contributed by atoms with Crippen molar-refractivity contribution in [1.82, 2.24) is 15.1 Å². The number of halogens is 1. The number of alkyl halides is 1. The van der Waals surface area contributed by atoms with Crippen molar-refractivity contribution in [2.75, 3.05) is 19.7 Å². The first-order chi connectivity index (χ1) is 22.8. The summed E-state index contributed by atoms with van der Waals surface area (Å²) in [7, 11) is 0. The molecule has 4 rings (SSSR count). The Kier molecular flexibility index (Phi) is 12.7. The van der Waals surface area contributed by atoms with Crippen LogP contribution in [0.4, 0.5) is 0 Å². The van der Waals surface area contributed by atoms with E-state index in [-0.39, 0.29) is 35.6 Å². The predicted molar refractivity (Wildman–Crippen MR) is 187 cm³/mol. The number of aliphatic hydroxyl groups excluding tert-OH is 1. The van der Waals surface area contributed by atoms with E-state index in [4.69, 9.17) is 9.47 Å². The van der Waals surface area contributed by atoms with Crippen molar-refractivity contribution in [1.29, 1.82) is 0 Å².